The molecule has 0 spiro atoms. The van der Waals surface area contributed by atoms with E-state index in [0.29, 0.717) is 12.8 Å². The molecule has 5 nitrogen and oxygen atoms in total. The van der Waals surface area contributed by atoms with Gasteiger partial charge in [-0.1, -0.05) is 24.6 Å². The van der Waals surface area contributed by atoms with Gasteiger partial charge in [-0.15, -0.1) is 0 Å². The molecule has 1 saturated heterocycles. The van der Waals surface area contributed by atoms with Crippen LogP contribution < -0.4 is 0 Å². The minimum Gasteiger partial charge on any atom is -0.336 e. The highest BCUT2D eigenvalue weighted by Crippen LogP contribution is 2.30. The average Bonchev–Trinajstić information content (AvgIpc) is 2.93. The number of likely N-dealkylation sites (tertiary alicyclic amines) is 1. The van der Waals surface area contributed by atoms with Crippen molar-refractivity contribution in [2.24, 2.45) is 0 Å². The van der Waals surface area contributed by atoms with Crippen LogP contribution in [-0.4, -0.2) is 38.6 Å². The number of carbonyl (C=O) groups excluding carboxylic acids is 1. The number of pyridine rings is 1. The minimum absolute atomic E-state index is 0.167. The molecule has 0 N–H and O–H groups in total. The second-order valence-electron chi connectivity index (χ2n) is 7.09. The van der Waals surface area contributed by atoms with Crippen molar-refractivity contribution in [1.29, 1.82) is 0 Å². The Morgan fingerprint density at radius 3 is 2.52 bits per heavy atom. The van der Waals surface area contributed by atoms with Gasteiger partial charge in [-0.3, -0.25) is 9.78 Å². The first kappa shape index (κ1) is 19.8. The predicted molar refractivity (Wildman–Crippen MR) is 109 cm³/mol. The zero-order valence-corrected chi connectivity index (χ0v) is 17.3. The minimum atomic E-state index is 0.167. The quantitative estimate of drug-likeness (QED) is 0.569. The lowest BCUT2D eigenvalue weighted by atomic mass is 10.0. The standard InChI is InChI=1S/C21H28N4OS/c1-15-18(16(2)24-21(23-15)27-3)8-9-20(26)25-14-6-4-5-7-19(25)17-10-12-22-13-11-17/h10-13,19H,4-9,14H2,1-3H3. The lowest BCUT2D eigenvalue weighted by Crippen LogP contribution is -2.35. The molecule has 1 amide bonds. The summed E-state index contributed by atoms with van der Waals surface area (Å²) < 4.78 is 0. The van der Waals surface area contributed by atoms with Crippen molar-refractivity contribution in [3.63, 3.8) is 0 Å². The van der Waals surface area contributed by atoms with Crippen molar-refractivity contribution in [1.82, 2.24) is 19.9 Å². The Labute approximate surface area is 166 Å². The summed E-state index contributed by atoms with van der Waals surface area (Å²) in [5, 5.41) is 0.797. The molecule has 6 heteroatoms. The number of carbonyl (C=O) groups is 1. The van der Waals surface area contributed by atoms with Gasteiger partial charge in [-0.05, 0) is 62.6 Å². The number of hydrogen-bond acceptors (Lipinski definition) is 5. The van der Waals surface area contributed by atoms with Gasteiger partial charge in [0, 0.05) is 36.7 Å². The fourth-order valence-electron chi connectivity index (χ4n) is 3.88. The number of hydrogen-bond donors (Lipinski definition) is 0. The summed E-state index contributed by atoms with van der Waals surface area (Å²) in [5.74, 6) is 0.228. The first-order valence-electron chi connectivity index (χ1n) is 9.67. The summed E-state index contributed by atoms with van der Waals surface area (Å²) >= 11 is 1.55. The van der Waals surface area contributed by atoms with Crippen molar-refractivity contribution in [3.05, 3.63) is 47.0 Å². The third-order valence-corrected chi connectivity index (χ3v) is 5.88. The Balaban J connectivity index is 1.74. The van der Waals surface area contributed by atoms with Crippen molar-refractivity contribution in [2.75, 3.05) is 12.8 Å². The molecule has 2 aromatic heterocycles. The molecule has 1 aliphatic heterocycles. The van der Waals surface area contributed by atoms with Gasteiger partial charge in [-0.2, -0.15) is 0 Å². The van der Waals surface area contributed by atoms with Gasteiger partial charge in [0.05, 0.1) is 6.04 Å². The van der Waals surface area contributed by atoms with E-state index in [9.17, 15) is 4.79 Å². The Hall–Kier alpha value is -1.95. The summed E-state index contributed by atoms with van der Waals surface area (Å²) in [6.45, 7) is 4.87. The molecule has 1 fully saturated rings. The van der Waals surface area contributed by atoms with E-state index in [-0.39, 0.29) is 11.9 Å². The highest BCUT2D eigenvalue weighted by atomic mass is 32.2. The fraction of sp³-hybridized carbons (Fsp3) is 0.524. The summed E-state index contributed by atoms with van der Waals surface area (Å²) in [6.07, 6.45) is 11.3. The molecule has 0 radical (unpaired) electrons. The number of nitrogens with zero attached hydrogens (tertiary/aromatic N) is 4. The maximum atomic E-state index is 13.1. The van der Waals surface area contributed by atoms with Crippen LogP contribution in [0.1, 0.15) is 60.7 Å². The summed E-state index contributed by atoms with van der Waals surface area (Å²) in [7, 11) is 0. The first-order valence-corrected chi connectivity index (χ1v) is 10.9. The van der Waals surface area contributed by atoms with E-state index in [1.54, 1.807) is 11.8 Å². The van der Waals surface area contributed by atoms with Gasteiger partial charge in [-0.25, -0.2) is 9.97 Å². The summed E-state index contributed by atoms with van der Waals surface area (Å²) in [5.41, 5.74) is 4.28. The predicted octanol–water partition coefficient (Wildman–Crippen LogP) is 4.29. The molecule has 1 atom stereocenters. The average molecular weight is 385 g/mol. The highest BCUT2D eigenvalue weighted by molar-refractivity contribution is 7.98. The van der Waals surface area contributed by atoms with Crippen LogP contribution in [0.25, 0.3) is 0 Å². The van der Waals surface area contributed by atoms with E-state index in [0.717, 1.165) is 41.5 Å². The van der Waals surface area contributed by atoms with Crippen LogP contribution in [-0.2, 0) is 11.2 Å². The van der Waals surface area contributed by atoms with Crippen LogP contribution in [0, 0.1) is 13.8 Å². The third-order valence-electron chi connectivity index (χ3n) is 5.34. The van der Waals surface area contributed by atoms with Crippen molar-refractivity contribution >= 4 is 17.7 Å². The lowest BCUT2D eigenvalue weighted by Gasteiger charge is -2.30. The topological polar surface area (TPSA) is 59.0 Å². The molecule has 1 unspecified atom stereocenters. The summed E-state index contributed by atoms with van der Waals surface area (Å²) in [4.78, 5) is 28.4. The second kappa shape index (κ2) is 9.31. The third kappa shape index (κ3) is 4.86. The van der Waals surface area contributed by atoms with Crippen molar-refractivity contribution in [2.45, 2.75) is 63.6 Å². The molecule has 3 heterocycles. The largest absolute Gasteiger partial charge is 0.336 e. The van der Waals surface area contributed by atoms with Crippen LogP contribution in [0.4, 0.5) is 0 Å². The molecular formula is C21H28N4OS. The van der Waals surface area contributed by atoms with E-state index < -0.39 is 0 Å². The fourth-order valence-corrected chi connectivity index (χ4v) is 4.33. The number of aromatic nitrogens is 3. The highest BCUT2D eigenvalue weighted by Gasteiger charge is 2.26. The van der Waals surface area contributed by atoms with E-state index in [4.69, 9.17) is 0 Å². The van der Waals surface area contributed by atoms with E-state index in [1.165, 1.54) is 18.4 Å². The molecule has 0 bridgehead atoms. The van der Waals surface area contributed by atoms with Gasteiger partial charge < -0.3 is 4.90 Å². The molecule has 0 aromatic carbocycles. The maximum Gasteiger partial charge on any atom is 0.223 e. The number of amides is 1. The monoisotopic (exact) mass is 384 g/mol. The molecule has 144 valence electrons. The Kier molecular flexibility index (Phi) is 6.83. The zero-order valence-electron chi connectivity index (χ0n) is 16.4. The van der Waals surface area contributed by atoms with Gasteiger partial charge in [0.1, 0.15) is 0 Å². The molecule has 2 aromatic rings. The molecule has 0 aliphatic carbocycles. The van der Waals surface area contributed by atoms with Crippen molar-refractivity contribution < 1.29 is 4.79 Å². The molecular weight excluding hydrogens is 356 g/mol. The number of rotatable bonds is 5. The van der Waals surface area contributed by atoms with Crippen LogP contribution in [0.3, 0.4) is 0 Å². The van der Waals surface area contributed by atoms with Crippen LogP contribution >= 0.6 is 11.8 Å². The van der Waals surface area contributed by atoms with Gasteiger partial charge in [0.25, 0.3) is 0 Å². The SMILES string of the molecule is CSc1nc(C)c(CCC(=O)N2CCCCCC2c2ccncc2)c(C)n1. The molecule has 27 heavy (non-hydrogen) atoms. The van der Waals surface area contributed by atoms with E-state index in [2.05, 4.69) is 19.9 Å². The van der Waals surface area contributed by atoms with Crippen molar-refractivity contribution in [3.8, 4) is 0 Å². The molecule has 3 rings (SSSR count). The second-order valence-corrected chi connectivity index (χ2v) is 7.87. The Morgan fingerprint density at radius 2 is 1.85 bits per heavy atom. The van der Waals surface area contributed by atoms with E-state index in [1.807, 2.05) is 44.6 Å². The van der Waals surface area contributed by atoms with E-state index >= 15 is 0 Å². The number of aryl methyl sites for hydroxylation is 2. The maximum absolute atomic E-state index is 13.1. The zero-order chi connectivity index (χ0) is 19.2. The smallest absolute Gasteiger partial charge is 0.223 e. The van der Waals surface area contributed by atoms with Crippen LogP contribution in [0.2, 0.25) is 0 Å². The van der Waals surface area contributed by atoms with Gasteiger partial charge >= 0.3 is 0 Å². The van der Waals surface area contributed by atoms with Gasteiger partial charge in [0.15, 0.2) is 5.16 Å². The van der Waals surface area contributed by atoms with Crippen LogP contribution in [0.5, 0.6) is 0 Å². The molecule has 1 aliphatic rings. The number of thioether (sulfide) groups is 1. The Bertz CT molecular complexity index is 758. The van der Waals surface area contributed by atoms with Gasteiger partial charge in [0.2, 0.25) is 5.91 Å². The molecule has 0 saturated carbocycles. The lowest BCUT2D eigenvalue weighted by molar-refractivity contribution is -0.133. The van der Waals surface area contributed by atoms with Crippen LogP contribution in [0.15, 0.2) is 29.7 Å². The Morgan fingerprint density at radius 1 is 1.15 bits per heavy atom. The normalized spacial score (nSPS) is 17.6. The summed E-state index contributed by atoms with van der Waals surface area (Å²) in [6, 6.07) is 4.25. The first-order chi connectivity index (χ1) is 13.1.